The Balaban J connectivity index is 1.59. The maximum Gasteiger partial charge on any atom is 0.227 e. The van der Waals surface area contributed by atoms with E-state index >= 15 is 0 Å². The fraction of sp³-hybridized carbons (Fsp3) is 0.222. The summed E-state index contributed by atoms with van der Waals surface area (Å²) in [6.07, 6.45) is 2.30. The van der Waals surface area contributed by atoms with Gasteiger partial charge in [0.1, 0.15) is 10.8 Å². The van der Waals surface area contributed by atoms with Gasteiger partial charge in [0.25, 0.3) is 0 Å². The number of aromatic nitrogens is 3. The largest absolute Gasteiger partial charge is 0.497 e. The quantitative estimate of drug-likeness (QED) is 0.253. The van der Waals surface area contributed by atoms with Crippen molar-refractivity contribution in [3.63, 3.8) is 0 Å². The molecule has 0 atom stereocenters. The molecule has 4 aromatic rings. The molecule has 6 nitrogen and oxygen atoms in total. The fourth-order valence-corrected chi connectivity index (χ4v) is 4.92. The van der Waals surface area contributed by atoms with Crippen LogP contribution in [0.4, 0.5) is 0 Å². The lowest BCUT2D eigenvalue weighted by atomic mass is 9.99. The zero-order valence-electron chi connectivity index (χ0n) is 19.3. The molecule has 1 aliphatic heterocycles. The van der Waals surface area contributed by atoms with Crippen molar-refractivity contribution in [1.82, 2.24) is 15.0 Å². The number of pyridine rings is 1. The Kier molecular flexibility index (Phi) is 6.22. The first-order valence-corrected chi connectivity index (χ1v) is 12.0. The summed E-state index contributed by atoms with van der Waals surface area (Å²) in [6.45, 7) is 3.90. The number of aliphatic hydroxyl groups is 1. The summed E-state index contributed by atoms with van der Waals surface area (Å²) in [6, 6.07) is 16.2. The van der Waals surface area contributed by atoms with E-state index in [4.69, 9.17) is 19.4 Å². The van der Waals surface area contributed by atoms with E-state index in [1.165, 1.54) is 11.1 Å². The van der Waals surface area contributed by atoms with Gasteiger partial charge in [-0.05, 0) is 31.5 Å². The van der Waals surface area contributed by atoms with Crippen molar-refractivity contribution < 1.29 is 14.6 Å². The number of ether oxygens (including phenoxy) is 2. The molecule has 172 valence electrons. The molecule has 0 fully saturated rings. The number of thioether (sulfide) groups is 1. The summed E-state index contributed by atoms with van der Waals surface area (Å²) in [7, 11) is 1.64. The molecule has 7 heteroatoms. The number of methoxy groups -OCH3 is 1. The molecule has 2 aromatic heterocycles. The first-order chi connectivity index (χ1) is 16.6. The van der Waals surface area contributed by atoms with Gasteiger partial charge < -0.3 is 14.6 Å². The predicted octanol–water partition coefficient (Wildman–Crippen LogP) is 5.65. The molecule has 2 aromatic carbocycles. The van der Waals surface area contributed by atoms with Gasteiger partial charge in [0.15, 0.2) is 11.6 Å². The van der Waals surface area contributed by atoms with Crippen LogP contribution < -0.4 is 9.47 Å². The highest BCUT2D eigenvalue weighted by molar-refractivity contribution is 7.98. The average molecular weight is 472 g/mol. The average Bonchev–Trinajstić information content (AvgIpc) is 2.87. The van der Waals surface area contributed by atoms with Crippen LogP contribution >= 0.6 is 11.8 Å². The molecule has 0 saturated heterocycles. The van der Waals surface area contributed by atoms with Crippen molar-refractivity contribution in [3.8, 4) is 28.8 Å². The second-order valence-corrected chi connectivity index (χ2v) is 9.22. The number of aryl methyl sites for hydroxylation is 2. The van der Waals surface area contributed by atoms with Gasteiger partial charge in [0.05, 0.1) is 25.0 Å². The molecular weight excluding hydrogens is 446 g/mol. The van der Waals surface area contributed by atoms with Crippen LogP contribution in [0.2, 0.25) is 0 Å². The zero-order valence-corrected chi connectivity index (χ0v) is 20.1. The minimum atomic E-state index is -0.0943. The van der Waals surface area contributed by atoms with Gasteiger partial charge in [-0.1, -0.05) is 42.0 Å². The van der Waals surface area contributed by atoms with E-state index in [1.54, 1.807) is 25.1 Å². The Labute approximate surface area is 203 Å². The van der Waals surface area contributed by atoms with Gasteiger partial charge in [-0.25, -0.2) is 4.98 Å². The summed E-state index contributed by atoms with van der Waals surface area (Å²) < 4.78 is 11.7. The Morgan fingerprint density at radius 1 is 1.06 bits per heavy atom. The number of nitrogens with zero attached hydrogens (tertiary/aromatic N) is 3. The summed E-state index contributed by atoms with van der Waals surface area (Å²) in [4.78, 5) is 14.1. The van der Waals surface area contributed by atoms with Crippen LogP contribution in [0.5, 0.6) is 17.4 Å². The molecule has 0 spiro atoms. The third-order valence-corrected chi connectivity index (χ3v) is 6.97. The van der Waals surface area contributed by atoms with Crippen LogP contribution in [0, 0.1) is 13.8 Å². The van der Waals surface area contributed by atoms with E-state index in [1.807, 2.05) is 31.2 Å². The third-order valence-electron chi connectivity index (χ3n) is 5.88. The van der Waals surface area contributed by atoms with Crippen molar-refractivity contribution in [1.29, 1.82) is 0 Å². The van der Waals surface area contributed by atoms with Crippen molar-refractivity contribution in [2.75, 3.05) is 7.11 Å². The van der Waals surface area contributed by atoms with Crippen molar-refractivity contribution >= 4 is 11.8 Å². The van der Waals surface area contributed by atoms with Crippen LogP contribution in [0.1, 0.15) is 33.5 Å². The minimum Gasteiger partial charge on any atom is -0.497 e. The lowest BCUT2D eigenvalue weighted by Crippen LogP contribution is -2.13. The number of hydrogen-bond donors (Lipinski definition) is 1. The van der Waals surface area contributed by atoms with Gasteiger partial charge in [-0.3, -0.25) is 4.98 Å². The van der Waals surface area contributed by atoms with Crippen LogP contribution in [-0.2, 0) is 18.8 Å². The molecule has 5 rings (SSSR count). The fourth-order valence-electron chi connectivity index (χ4n) is 3.94. The summed E-state index contributed by atoms with van der Waals surface area (Å²) in [5.74, 6) is 3.30. The van der Waals surface area contributed by atoms with E-state index in [0.717, 1.165) is 44.5 Å². The van der Waals surface area contributed by atoms with Crippen LogP contribution in [0.3, 0.4) is 0 Å². The summed E-state index contributed by atoms with van der Waals surface area (Å²) >= 11 is 1.66. The second kappa shape index (κ2) is 9.44. The van der Waals surface area contributed by atoms with Crippen molar-refractivity contribution in [3.05, 3.63) is 88.2 Å². The van der Waals surface area contributed by atoms with Crippen LogP contribution in [-0.4, -0.2) is 27.2 Å². The molecule has 0 saturated carbocycles. The molecule has 0 unspecified atom stereocenters. The topological polar surface area (TPSA) is 77.4 Å². The lowest BCUT2D eigenvalue weighted by molar-refractivity contribution is 0.278. The Morgan fingerprint density at radius 2 is 1.88 bits per heavy atom. The number of fused-ring (bicyclic) bond motifs is 2. The van der Waals surface area contributed by atoms with Crippen molar-refractivity contribution in [2.24, 2.45) is 0 Å². The van der Waals surface area contributed by atoms with Gasteiger partial charge in [0, 0.05) is 35.1 Å². The van der Waals surface area contributed by atoms with Gasteiger partial charge in [-0.15, -0.1) is 11.8 Å². The molecule has 1 N–H and O–H groups in total. The van der Waals surface area contributed by atoms with E-state index < -0.39 is 0 Å². The highest BCUT2D eigenvalue weighted by Crippen LogP contribution is 2.43. The van der Waals surface area contributed by atoms with Gasteiger partial charge in [0.2, 0.25) is 5.88 Å². The molecule has 1 aliphatic rings. The number of benzene rings is 2. The summed E-state index contributed by atoms with van der Waals surface area (Å²) in [5.41, 5.74) is 6.71. The van der Waals surface area contributed by atoms with Crippen LogP contribution in [0.25, 0.3) is 11.4 Å². The molecule has 0 aliphatic carbocycles. The maximum absolute atomic E-state index is 9.87. The zero-order chi connectivity index (χ0) is 23.7. The molecule has 0 amide bonds. The van der Waals surface area contributed by atoms with E-state index in [0.29, 0.717) is 23.9 Å². The monoisotopic (exact) mass is 471 g/mol. The highest BCUT2D eigenvalue weighted by Gasteiger charge is 2.27. The number of aliphatic hydroxyl groups excluding tert-OH is 1. The SMILES string of the molecule is COc1cccc(-c2nc3c(c(SCc4ccc(C)cc4)n2)Cc2c(CO)cnc(C)c2O3)c1. The van der Waals surface area contributed by atoms with E-state index in [2.05, 4.69) is 36.2 Å². The highest BCUT2D eigenvalue weighted by atomic mass is 32.2. The Bertz CT molecular complexity index is 1360. The maximum atomic E-state index is 9.87. The predicted molar refractivity (Wildman–Crippen MR) is 133 cm³/mol. The van der Waals surface area contributed by atoms with E-state index in [-0.39, 0.29) is 6.61 Å². The standard InChI is InChI=1S/C27H25N3O3S/c1-16-7-9-18(10-8-16)15-34-27-23-12-22-20(14-31)13-28-17(2)24(22)33-26(23)29-25(30-27)19-5-4-6-21(11-19)32-3/h4-11,13,31H,12,14-15H2,1-3H3. The third kappa shape index (κ3) is 4.36. The normalized spacial score (nSPS) is 12.0. The Morgan fingerprint density at radius 3 is 2.65 bits per heavy atom. The first kappa shape index (κ1) is 22.4. The number of hydrogen-bond acceptors (Lipinski definition) is 7. The molecular formula is C27H25N3O3S. The molecule has 3 heterocycles. The van der Waals surface area contributed by atoms with E-state index in [9.17, 15) is 5.11 Å². The lowest BCUT2D eigenvalue weighted by Gasteiger charge is -2.24. The van der Waals surface area contributed by atoms with Crippen LogP contribution in [0.15, 0.2) is 59.8 Å². The molecule has 34 heavy (non-hydrogen) atoms. The minimum absolute atomic E-state index is 0.0943. The van der Waals surface area contributed by atoms with Gasteiger partial charge in [-0.2, -0.15) is 4.98 Å². The smallest absolute Gasteiger partial charge is 0.227 e. The number of rotatable bonds is 6. The molecule has 0 radical (unpaired) electrons. The summed E-state index contributed by atoms with van der Waals surface area (Å²) in [5, 5.41) is 10.7. The van der Waals surface area contributed by atoms with Crippen molar-refractivity contribution in [2.45, 2.75) is 37.7 Å². The molecule has 0 bridgehead atoms. The first-order valence-electron chi connectivity index (χ1n) is 11.1. The van der Waals surface area contributed by atoms with Gasteiger partial charge >= 0.3 is 0 Å². The Hall–Kier alpha value is -3.42. The second-order valence-electron chi connectivity index (χ2n) is 8.26.